The third-order valence-electron chi connectivity index (χ3n) is 2.49. The molecule has 104 valence electrons. The van der Waals surface area contributed by atoms with Crippen molar-refractivity contribution in [3.63, 3.8) is 0 Å². The van der Waals surface area contributed by atoms with Gasteiger partial charge in [0.15, 0.2) is 6.10 Å². The van der Waals surface area contributed by atoms with Gasteiger partial charge in [-0.15, -0.1) is 0 Å². The largest absolute Gasteiger partial charge is 0.479 e. The number of ether oxygens (including phenoxy) is 2. The molecule has 2 atom stereocenters. The van der Waals surface area contributed by atoms with E-state index in [1.165, 1.54) is 39.2 Å². The van der Waals surface area contributed by atoms with E-state index in [0.717, 1.165) is 0 Å². The number of rotatable bonds is 5. The van der Waals surface area contributed by atoms with Crippen molar-refractivity contribution in [2.24, 2.45) is 0 Å². The number of carbonyl (C=O) groups excluding carboxylic acids is 1. The van der Waals surface area contributed by atoms with E-state index in [1.54, 1.807) is 0 Å². The average molecular weight is 269 g/mol. The number of benzene rings is 1. The van der Waals surface area contributed by atoms with Gasteiger partial charge >= 0.3 is 5.97 Å². The van der Waals surface area contributed by atoms with E-state index < -0.39 is 23.1 Å². The van der Waals surface area contributed by atoms with Gasteiger partial charge in [-0.05, 0) is 19.9 Å². The smallest absolute Gasteiger partial charge is 0.346 e. The first-order valence-electron chi connectivity index (χ1n) is 5.57. The van der Waals surface area contributed by atoms with Gasteiger partial charge in [-0.25, -0.2) is 4.79 Å². The minimum Gasteiger partial charge on any atom is -0.479 e. The SMILES string of the molecule is COC(=O)C(C)Oc1ccc([N+](=O)[O-])cc1[C@H](C)O. The molecule has 0 aliphatic heterocycles. The topological polar surface area (TPSA) is 98.9 Å². The van der Waals surface area contributed by atoms with Crippen molar-refractivity contribution < 1.29 is 24.3 Å². The number of nitrogens with zero attached hydrogens (tertiary/aromatic N) is 1. The molecule has 19 heavy (non-hydrogen) atoms. The van der Waals surface area contributed by atoms with E-state index in [4.69, 9.17) is 4.74 Å². The Bertz CT molecular complexity index is 485. The molecule has 1 unspecified atom stereocenters. The fourth-order valence-electron chi connectivity index (χ4n) is 1.49. The van der Waals surface area contributed by atoms with Crippen LogP contribution in [-0.4, -0.2) is 29.2 Å². The van der Waals surface area contributed by atoms with Crippen LogP contribution in [0.5, 0.6) is 5.75 Å². The molecule has 0 amide bonds. The maximum absolute atomic E-state index is 11.3. The van der Waals surface area contributed by atoms with Crippen LogP contribution in [0.3, 0.4) is 0 Å². The van der Waals surface area contributed by atoms with Gasteiger partial charge < -0.3 is 14.6 Å². The zero-order valence-corrected chi connectivity index (χ0v) is 10.8. The quantitative estimate of drug-likeness (QED) is 0.495. The van der Waals surface area contributed by atoms with Crippen LogP contribution in [0.15, 0.2) is 18.2 Å². The van der Waals surface area contributed by atoms with Gasteiger partial charge in [0.1, 0.15) is 5.75 Å². The molecular weight excluding hydrogens is 254 g/mol. The summed E-state index contributed by atoms with van der Waals surface area (Å²) >= 11 is 0. The van der Waals surface area contributed by atoms with E-state index in [0.29, 0.717) is 0 Å². The number of hydrogen-bond donors (Lipinski definition) is 1. The lowest BCUT2D eigenvalue weighted by atomic mass is 10.1. The Labute approximate surface area is 109 Å². The molecule has 0 radical (unpaired) electrons. The second kappa shape index (κ2) is 6.14. The highest BCUT2D eigenvalue weighted by molar-refractivity contribution is 5.74. The maximum Gasteiger partial charge on any atom is 0.346 e. The lowest BCUT2D eigenvalue weighted by Crippen LogP contribution is -2.25. The van der Waals surface area contributed by atoms with Gasteiger partial charge in [0, 0.05) is 17.7 Å². The number of aliphatic hydroxyl groups excluding tert-OH is 1. The van der Waals surface area contributed by atoms with E-state index in [2.05, 4.69) is 4.74 Å². The summed E-state index contributed by atoms with van der Waals surface area (Å²) in [5.41, 5.74) is 0.0823. The molecule has 0 aromatic heterocycles. The number of nitro benzene ring substituents is 1. The normalized spacial score (nSPS) is 13.5. The highest BCUT2D eigenvalue weighted by Crippen LogP contribution is 2.30. The highest BCUT2D eigenvalue weighted by Gasteiger charge is 2.20. The number of methoxy groups -OCH3 is 1. The molecule has 0 aliphatic rings. The number of non-ortho nitro benzene ring substituents is 1. The molecule has 7 nitrogen and oxygen atoms in total. The summed E-state index contributed by atoms with van der Waals surface area (Å²) < 4.78 is 9.85. The standard InChI is InChI=1S/C12H15NO6/c1-7(14)10-6-9(13(16)17)4-5-11(10)19-8(2)12(15)18-3/h4-8,14H,1-3H3/t7-,8?/m0/s1. The van der Waals surface area contributed by atoms with E-state index in [-0.39, 0.29) is 17.0 Å². The van der Waals surface area contributed by atoms with Crippen LogP contribution < -0.4 is 4.74 Å². The number of esters is 1. The zero-order valence-electron chi connectivity index (χ0n) is 10.8. The van der Waals surface area contributed by atoms with Gasteiger partial charge in [0.05, 0.1) is 18.1 Å². The van der Waals surface area contributed by atoms with Gasteiger partial charge in [0.25, 0.3) is 5.69 Å². The Balaban J connectivity index is 3.07. The number of carbonyl (C=O) groups is 1. The average Bonchev–Trinajstić information content (AvgIpc) is 2.37. The third-order valence-corrected chi connectivity index (χ3v) is 2.49. The molecule has 0 aliphatic carbocycles. The van der Waals surface area contributed by atoms with Gasteiger partial charge in [-0.3, -0.25) is 10.1 Å². The Kier molecular flexibility index (Phi) is 4.82. The Morgan fingerprint density at radius 1 is 1.42 bits per heavy atom. The van der Waals surface area contributed by atoms with E-state index in [9.17, 15) is 20.0 Å². The van der Waals surface area contributed by atoms with Gasteiger partial charge in [-0.1, -0.05) is 0 Å². The predicted molar refractivity (Wildman–Crippen MR) is 65.8 cm³/mol. The van der Waals surface area contributed by atoms with Crippen molar-refractivity contribution in [2.45, 2.75) is 26.1 Å². The maximum atomic E-state index is 11.3. The van der Waals surface area contributed by atoms with Crippen LogP contribution in [0.1, 0.15) is 25.5 Å². The van der Waals surface area contributed by atoms with Crippen LogP contribution >= 0.6 is 0 Å². The Hall–Kier alpha value is -2.15. The Morgan fingerprint density at radius 3 is 2.53 bits per heavy atom. The number of aliphatic hydroxyl groups is 1. The fraction of sp³-hybridized carbons (Fsp3) is 0.417. The summed E-state index contributed by atoms with van der Waals surface area (Å²) in [7, 11) is 1.23. The molecule has 0 saturated carbocycles. The summed E-state index contributed by atoms with van der Waals surface area (Å²) in [5, 5.41) is 20.3. The molecule has 0 fully saturated rings. The van der Waals surface area contributed by atoms with Gasteiger partial charge in [-0.2, -0.15) is 0 Å². The fourth-order valence-corrected chi connectivity index (χ4v) is 1.49. The van der Waals surface area contributed by atoms with Crippen molar-refractivity contribution in [1.82, 2.24) is 0 Å². The van der Waals surface area contributed by atoms with E-state index >= 15 is 0 Å². The molecule has 1 rings (SSSR count). The predicted octanol–water partition coefficient (Wildman–Crippen LogP) is 1.59. The first-order valence-corrected chi connectivity index (χ1v) is 5.57. The van der Waals surface area contributed by atoms with Crippen LogP contribution in [0.4, 0.5) is 5.69 Å². The summed E-state index contributed by atoms with van der Waals surface area (Å²) in [6.45, 7) is 2.94. The summed E-state index contributed by atoms with van der Waals surface area (Å²) in [5.74, 6) is -0.367. The zero-order chi connectivity index (χ0) is 14.6. The molecule has 1 aromatic rings. The lowest BCUT2D eigenvalue weighted by molar-refractivity contribution is -0.385. The minimum absolute atomic E-state index is 0.158. The third kappa shape index (κ3) is 3.65. The summed E-state index contributed by atoms with van der Waals surface area (Å²) in [4.78, 5) is 21.4. The monoisotopic (exact) mass is 269 g/mol. The molecule has 7 heteroatoms. The van der Waals surface area contributed by atoms with Crippen molar-refractivity contribution in [1.29, 1.82) is 0 Å². The Morgan fingerprint density at radius 2 is 2.05 bits per heavy atom. The minimum atomic E-state index is -0.959. The van der Waals surface area contributed by atoms with Crippen molar-refractivity contribution in [3.05, 3.63) is 33.9 Å². The lowest BCUT2D eigenvalue weighted by Gasteiger charge is -2.16. The highest BCUT2D eigenvalue weighted by atomic mass is 16.6. The number of nitro groups is 1. The van der Waals surface area contributed by atoms with Crippen LogP contribution in [-0.2, 0) is 9.53 Å². The van der Waals surface area contributed by atoms with Crippen molar-refractivity contribution >= 4 is 11.7 Å². The van der Waals surface area contributed by atoms with Gasteiger partial charge in [0.2, 0.25) is 0 Å². The van der Waals surface area contributed by atoms with Crippen LogP contribution in [0.2, 0.25) is 0 Å². The van der Waals surface area contributed by atoms with Crippen LogP contribution in [0, 0.1) is 10.1 Å². The molecule has 0 bridgehead atoms. The first-order chi connectivity index (χ1) is 8.86. The van der Waals surface area contributed by atoms with Crippen LogP contribution in [0.25, 0.3) is 0 Å². The molecule has 1 aromatic carbocycles. The molecule has 0 saturated heterocycles. The molecule has 0 spiro atoms. The first kappa shape index (κ1) is 14.9. The second-order valence-electron chi connectivity index (χ2n) is 3.94. The van der Waals surface area contributed by atoms with E-state index in [1.807, 2.05) is 0 Å². The number of hydrogen-bond acceptors (Lipinski definition) is 6. The molecular formula is C12H15NO6. The summed E-state index contributed by atoms with van der Waals surface area (Å²) in [6, 6.07) is 3.80. The second-order valence-corrected chi connectivity index (χ2v) is 3.94. The molecule has 1 N–H and O–H groups in total. The van der Waals surface area contributed by atoms with Crippen molar-refractivity contribution in [3.8, 4) is 5.75 Å². The van der Waals surface area contributed by atoms with Crippen molar-refractivity contribution in [2.75, 3.05) is 7.11 Å². The molecule has 0 heterocycles. The summed E-state index contributed by atoms with van der Waals surface area (Å²) in [6.07, 6.45) is -1.83.